The van der Waals surface area contributed by atoms with Gasteiger partial charge in [0.25, 0.3) is 0 Å². The van der Waals surface area contributed by atoms with E-state index in [-0.39, 0.29) is 0 Å². The zero-order valence-corrected chi connectivity index (χ0v) is 17.0. The van der Waals surface area contributed by atoms with Crippen LogP contribution in [0.2, 0.25) is 0 Å². The molecule has 0 radical (unpaired) electrons. The molecule has 0 amide bonds. The molecule has 0 unspecified atom stereocenters. The van der Waals surface area contributed by atoms with Gasteiger partial charge in [-0.3, -0.25) is 9.55 Å². The predicted octanol–water partition coefficient (Wildman–Crippen LogP) is 5.09. The Labute approximate surface area is 170 Å². The highest BCUT2D eigenvalue weighted by Crippen LogP contribution is 2.29. The highest BCUT2D eigenvalue weighted by molar-refractivity contribution is 9.10. The summed E-state index contributed by atoms with van der Waals surface area (Å²) in [4.78, 5) is 8.56. The maximum Gasteiger partial charge on any atom is 0.196 e. The molecule has 0 spiro atoms. The van der Waals surface area contributed by atoms with Crippen molar-refractivity contribution in [2.75, 3.05) is 0 Å². The Hall–Kier alpha value is -2.51. The fraction of sp³-hybridized carbons (Fsp3) is 0.100. The van der Waals surface area contributed by atoms with Gasteiger partial charge in [-0.1, -0.05) is 57.5 Å². The van der Waals surface area contributed by atoms with E-state index in [1.165, 1.54) is 11.1 Å². The number of nitrogens with zero attached hydrogens (tertiary/aromatic N) is 5. The minimum Gasteiger partial charge on any atom is -0.269 e. The topological polar surface area (TPSA) is 56.5 Å². The first-order chi connectivity index (χ1) is 13.2. The molecule has 27 heavy (non-hydrogen) atoms. The standard InChI is InChI=1S/C20H16BrN5S/c1-14-2-8-17(9-3-14)26-19(18-12-22-10-11-23-18)24-25-20(26)27-13-15-4-6-16(21)7-5-15/h2-12H,13H2,1H3. The van der Waals surface area contributed by atoms with Gasteiger partial charge in [0.1, 0.15) is 5.69 Å². The molecule has 2 aromatic heterocycles. The van der Waals surface area contributed by atoms with Crippen LogP contribution in [0, 0.1) is 6.92 Å². The van der Waals surface area contributed by atoms with Crippen LogP contribution in [-0.4, -0.2) is 24.7 Å². The Bertz CT molecular complexity index is 1030. The van der Waals surface area contributed by atoms with Gasteiger partial charge in [-0.2, -0.15) is 0 Å². The Morgan fingerprint density at radius 1 is 0.963 bits per heavy atom. The Morgan fingerprint density at radius 3 is 2.44 bits per heavy atom. The lowest BCUT2D eigenvalue weighted by atomic mass is 10.2. The van der Waals surface area contributed by atoms with Gasteiger partial charge in [-0.15, -0.1) is 10.2 Å². The van der Waals surface area contributed by atoms with Crippen molar-refractivity contribution in [3.05, 3.63) is 82.7 Å². The zero-order valence-electron chi connectivity index (χ0n) is 14.6. The summed E-state index contributed by atoms with van der Waals surface area (Å²) in [6.45, 7) is 2.07. The van der Waals surface area contributed by atoms with Crippen LogP contribution in [0.25, 0.3) is 17.2 Å². The van der Waals surface area contributed by atoms with Crippen molar-refractivity contribution in [3.8, 4) is 17.2 Å². The molecule has 0 bridgehead atoms. The largest absolute Gasteiger partial charge is 0.269 e. The molecule has 2 aromatic carbocycles. The molecule has 0 aliphatic carbocycles. The van der Waals surface area contributed by atoms with Crippen molar-refractivity contribution in [2.45, 2.75) is 17.8 Å². The van der Waals surface area contributed by atoms with Crippen LogP contribution < -0.4 is 0 Å². The highest BCUT2D eigenvalue weighted by atomic mass is 79.9. The van der Waals surface area contributed by atoms with Crippen LogP contribution >= 0.6 is 27.7 Å². The molecule has 7 heteroatoms. The number of halogens is 1. The number of aromatic nitrogens is 5. The van der Waals surface area contributed by atoms with E-state index in [0.717, 1.165) is 21.1 Å². The van der Waals surface area contributed by atoms with E-state index >= 15 is 0 Å². The molecular weight excluding hydrogens is 422 g/mol. The van der Waals surface area contributed by atoms with Gasteiger partial charge in [0.05, 0.1) is 6.20 Å². The summed E-state index contributed by atoms with van der Waals surface area (Å²) in [6, 6.07) is 16.6. The number of thioether (sulfide) groups is 1. The molecule has 0 atom stereocenters. The van der Waals surface area contributed by atoms with Gasteiger partial charge in [-0.05, 0) is 36.8 Å². The van der Waals surface area contributed by atoms with Crippen LogP contribution in [0.4, 0.5) is 0 Å². The maximum atomic E-state index is 4.42. The van der Waals surface area contributed by atoms with Crippen molar-refractivity contribution in [1.82, 2.24) is 24.7 Å². The van der Waals surface area contributed by atoms with E-state index in [4.69, 9.17) is 0 Å². The molecule has 4 aromatic rings. The van der Waals surface area contributed by atoms with Crippen LogP contribution in [0.3, 0.4) is 0 Å². The molecule has 2 heterocycles. The quantitative estimate of drug-likeness (QED) is 0.407. The van der Waals surface area contributed by atoms with Gasteiger partial charge in [0, 0.05) is 28.3 Å². The molecule has 4 rings (SSSR count). The average molecular weight is 438 g/mol. The second-order valence-corrected chi connectivity index (χ2v) is 7.84. The minimum atomic E-state index is 0.685. The SMILES string of the molecule is Cc1ccc(-n2c(SCc3ccc(Br)cc3)nnc2-c2cnccn2)cc1. The lowest BCUT2D eigenvalue weighted by Gasteiger charge is -2.10. The van der Waals surface area contributed by atoms with Crippen LogP contribution in [-0.2, 0) is 5.75 Å². The summed E-state index contributed by atoms with van der Waals surface area (Å²) in [7, 11) is 0. The van der Waals surface area contributed by atoms with E-state index in [2.05, 4.69) is 79.4 Å². The number of aryl methyl sites for hydroxylation is 1. The highest BCUT2D eigenvalue weighted by Gasteiger charge is 2.17. The molecular formula is C20H16BrN5S. The monoisotopic (exact) mass is 437 g/mol. The van der Waals surface area contributed by atoms with E-state index in [9.17, 15) is 0 Å². The smallest absolute Gasteiger partial charge is 0.196 e. The lowest BCUT2D eigenvalue weighted by Crippen LogP contribution is -2.01. The van der Waals surface area contributed by atoms with Crippen molar-refractivity contribution in [1.29, 1.82) is 0 Å². The maximum absolute atomic E-state index is 4.42. The van der Waals surface area contributed by atoms with Crippen molar-refractivity contribution in [3.63, 3.8) is 0 Å². The number of hydrogen-bond donors (Lipinski definition) is 0. The number of benzene rings is 2. The first kappa shape index (κ1) is 17.9. The second kappa shape index (κ2) is 8.02. The Balaban J connectivity index is 1.71. The molecule has 134 valence electrons. The van der Waals surface area contributed by atoms with Crippen molar-refractivity contribution < 1.29 is 0 Å². The summed E-state index contributed by atoms with van der Waals surface area (Å²) in [5, 5.41) is 9.64. The van der Waals surface area contributed by atoms with Gasteiger partial charge >= 0.3 is 0 Å². The van der Waals surface area contributed by atoms with Gasteiger partial charge in [-0.25, -0.2) is 4.98 Å². The number of rotatable bonds is 5. The van der Waals surface area contributed by atoms with Crippen molar-refractivity contribution in [2.24, 2.45) is 0 Å². The normalized spacial score (nSPS) is 10.9. The predicted molar refractivity (Wildman–Crippen MR) is 111 cm³/mol. The van der Waals surface area contributed by atoms with Crippen LogP contribution in [0.5, 0.6) is 0 Å². The van der Waals surface area contributed by atoms with Gasteiger partial charge in [0.15, 0.2) is 11.0 Å². The third-order valence-corrected chi connectivity index (χ3v) is 5.53. The van der Waals surface area contributed by atoms with Crippen LogP contribution in [0.1, 0.15) is 11.1 Å². The molecule has 5 nitrogen and oxygen atoms in total. The van der Waals surface area contributed by atoms with Crippen molar-refractivity contribution >= 4 is 27.7 Å². The first-order valence-corrected chi connectivity index (χ1v) is 10.1. The zero-order chi connectivity index (χ0) is 18.6. The molecule has 0 saturated carbocycles. The molecule has 0 aliphatic heterocycles. The second-order valence-electron chi connectivity index (χ2n) is 5.98. The first-order valence-electron chi connectivity index (χ1n) is 8.37. The third-order valence-electron chi connectivity index (χ3n) is 4.00. The fourth-order valence-electron chi connectivity index (χ4n) is 2.60. The van der Waals surface area contributed by atoms with Crippen LogP contribution in [0.15, 0.2) is 76.8 Å². The fourth-order valence-corrected chi connectivity index (χ4v) is 3.77. The van der Waals surface area contributed by atoms with Gasteiger partial charge in [0.2, 0.25) is 0 Å². The molecule has 0 N–H and O–H groups in total. The van der Waals surface area contributed by atoms with E-state index in [0.29, 0.717) is 11.5 Å². The Kier molecular flexibility index (Phi) is 5.31. The summed E-state index contributed by atoms with van der Waals surface area (Å²) in [5.41, 5.74) is 4.13. The lowest BCUT2D eigenvalue weighted by molar-refractivity contribution is 0.884. The molecule has 0 saturated heterocycles. The molecule has 0 aliphatic rings. The van der Waals surface area contributed by atoms with E-state index < -0.39 is 0 Å². The third kappa shape index (κ3) is 4.09. The van der Waals surface area contributed by atoms with E-state index in [1.807, 2.05) is 16.7 Å². The minimum absolute atomic E-state index is 0.685. The summed E-state index contributed by atoms with van der Waals surface area (Å²) in [6.07, 6.45) is 5.02. The van der Waals surface area contributed by atoms with E-state index in [1.54, 1.807) is 30.4 Å². The average Bonchev–Trinajstić information content (AvgIpc) is 3.13. The summed E-state index contributed by atoms with van der Waals surface area (Å²) >= 11 is 5.12. The summed E-state index contributed by atoms with van der Waals surface area (Å²) < 4.78 is 3.11. The van der Waals surface area contributed by atoms with Gasteiger partial charge < -0.3 is 0 Å². The number of hydrogen-bond acceptors (Lipinski definition) is 5. The Morgan fingerprint density at radius 2 is 1.74 bits per heavy atom. The molecule has 0 fully saturated rings. The summed E-state index contributed by atoms with van der Waals surface area (Å²) in [5.74, 6) is 1.49.